The molecule has 3 aromatic heterocycles. The molecule has 2 aliphatic rings. The molecule has 0 bridgehead atoms. The number of halogens is 2. The first-order valence-electron chi connectivity index (χ1n) is 16.2. The smallest absolute Gasteiger partial charge is 0.222 e. The summed E-state index contributed by atoms with van der Waals surface area (Å²) < 4.78 is 1.79. The second-order valence-corrected chi connectivity index (χ2v) is 13.3. The van der Waals surface area contributed by atoms with Gasteiger partial charge in [0.25, 0.3) is 0 Å². The van der Waals surface area contributed by atoms with Crippen molar-refractivity contribution < 1.29 is 4.79 Å². The van der Waals surface area contributed by atoms with E-state index in [4.69, 9.17) is 28.2 Å². The van der Waals surface area contributed by atoms with Crippen molar-refractivity contribution in [2.24, 2.45) is 0 Å². The van der Waals surface area contributed by atoms with Crippen molar-refractivity contribution in [2.75, 3.05) is 44.7 Å². The number of anilines is 1. The summed E-state index contributed by atoms with van der Waals surface area (Å²) in [5.41, 5.74) is 7.53. The van der Waals surface area contributed by atoms with Crippen LogP contribution in [0.25, 0.3) is 27.5 Å². The van der Waals surface area contributed by atoms with Crippen LogP contribution in [-0.2, 0) is 24.2 Å². The van der Waals surface area contributed by atoms with Gasteiger partial charge in [-0.1, -0.05) is 28.4 Å². The van der Waals surface area contributed by atoms with Crippen LogP contribution in [0, 0.1) is 0 Å². The molecule has 11 heteroatoms. The van der Waals surface area contributed by atoms with Gasteiger partial charge in [0, 0.05) is 71.9 Å². The number of carbonyl (C=O) groups is 1. The second kappa shape index (κ2) is 13.5. The number of piperazine rings is 1. The standard InChI is InChI=1S/C35H38Cl2N8O/c1-42(22-26-23-45(41-40-26)33-13-14-38-31-20-24(36)9-11-27(31)33)15-5-4-8-34(46)43-16-18-44(19-17-43)35-28-6-2-3-7-30(28)39-32-21-25(37)10-12-29(32)35/h9-14,20-21,23H,2-8,15-19,22H2,1H3. The maximum Gasteiger partial charge on any atom is 0.222 e. The maximum atomic E-state index is 13.1. The molecule has 0 saturated carbocycles. The zero-order valence-corrected chi connectivity index (χ0v) is 27.6. The SMILES string of the molecule is CN(CCCCC(=O)N1CCN(c2c3c(nc4cc(Cl)ccc24)CCCC3)CC1)Cc1cn(-c2ccnc3cc(Cl)ccc23)nn1. The molecule has 1 fully saturated rings. The number of benzene rings is 2. The van der Waals surface area contributed by atoms with Crippen molar-refractivity contribution in [1.29, 1.82) is 0 Å². The number of aryl methyl sites for hydroxylation is 1. The summed E-state index contributed by atoms with van der Waals surface area (Å²) in [6.45, 7) is 4.75. The summed E-state index contributed by atoms with van der Waals surface area (Å²) in [6, 6.07) is 13.7. The monoisotopic (exact) mass is 656 g/mol. The minimum atomic E-state index is 0.254. The van der Waals surface area contributed by atoms with Crippen LogP contribution in [0.15, 0.2) is 54.9 Å². The van der Waals surface area contributed by atoms with Crippen molar-refractivity contribution in [3.05, 3.63) is 81.9 Å². The van der Waals surface area contributed by atoms with Gasteiger partial charge in [-0.15, -0.1) is 5.10 Å². The van der Waals surface area contributed by atoms with Gasteiger partial charge < -0.3 is 14.7 Å². The predicted octanol–water partition coefficient (Wildman–Crippen LogP) is 6.50. The summed E-state index contributed by atoms with van der Waals surface area (Å²) in [5, 5.41) is 12.3. The number of amides is 1. The van der Waals surface area contributed by atoms with E-state index in [0.29, 0.717) is 18.0 Å². The number of hydrogen-bond donors (Lipinski definition) is 0. The van der Waals surface area contributed by atoms with Crippen molar-refractivity contribution in [3.8, 4) is 5.69 Å². The lowest BCUT2D eigenvalue weighted by atomic mass is 9.92. The van der Waals surface area contributed by atoms with Gasteiger partial charge in [0.15, 0.2) is 0 Å². The molecule has 0 radical (unpaired) electrons. The van der Waals surface area contributed by atoms with Gasteiger partial charge >= 0.3 is 0 Å². The molecule has 0 N–H and O–H groups in total. The largest absolute Gasteiger partial charge is 0.367 e. The van der Waals surface area contributed by atoms with Gasteiger partial charge in [-0.3, -0.25) is 14.8 Å². The Bertz CT molecular complexity index is 1880. The molecule has 4 heterocycles. The van der Waals surface area contributed by atoms with Crippen LogP contribution in [-0.4, -0.2) is 80.4 Å². The van der Waals surface area contributed by atoms with Gasteiger partial charge in [0.2, 0.25) is 5.91 Å². The van der Waals surface area contributed by atoms with Crippen LogP contribution in [0.1, 0.15) is 49.1 Å². The fourth-order valence-electron chi connectivity index (χ4n) is 6.88. The van der Waals surface area contributed by atoms with E-state index in [2.05, 4.69) is 38.2 Å². The molecule has 46 heavy (non-hydrogen) atoms. The van der Waals surface area contributed by atoms with Crippen molar-refractivity contribution in [1.82, 2.24) is 34.8 Å². The van der Waals surface area contributed by atoms with Crippen LogP contribution < -0.4 is 4.90 Å². The minimum absolute atomic E-state index is 0.254. The molecule has 1 saturated heterocycles. The molecule has 0 atom stereocenters. The Morgan fingerprint density at radius 1 is 0.913 bits per heavy atom. The fraction of sp³-hybridized carbons (Fsp3) is 0.400. The summed E-state index contributed by atoms with van der Waals surface area (Å²) in [7, 11) is 2.08. The number of hydrogen-bond acceptors (Lipinski definition) is 7. The van der Waals surface area contributed by atoms with E-state index in [9.17, 15) is 4.79 Å². The lowest BCUT2D eigenvalue weighted by Crippen LogP contribution is -2.49. The zero-order chi connectivity index (χ0) is 31.6. The molecule has 1 aliphatic heterocycles. The number of nitrogens with zero attached hydrogens (tertiary/aromatic N) is 8. The average Bonchev–Trinajstić information content (AvgIpc) is 3.53. The van der Waals surface area contributed by atoms with E-state index in [1.54, 1.807) is 10.9 Å². The normalized spacial score (nSPS) is 15.2. The quantitative estimate of drug-likeness (QED) is 0.168. The Kier molecular flexibility index (Phi) is 9.06. The maximum absolute atomic E-state index is 13.1. The third-order valence-corrected chi connectivity index (χ3v) is 9.70. The van der Waals surface area contributed by atoms with Gasteiger partial charge in [-0.25, -0.2) is 4.68 Å². The second-order valence-electron chi connectivity index (χ2n) is 12.5. The van der Waals surface area contributed by atoms with Crippen molar-refractivity contribution in [2.45, 2.75) is 51.5 Å². The Labute approximate surface area is 279 Å². The zero-order valence-electron chi connectivity index (χ0n) is 26.1. The number of carbonyl (C=O) groups excluding carboxylic acids is 1. The molecular weight excluding hydrogens is 619 g/mol. The van der Waals surface area contributed by atoms with Crippen LogP contribution in [0.5, 0.6) is 0 Å². The lowest BCUT2D eigenvalue weighted by Gasteiger charge is -2.38. The molecule has 0 spiro atoms. The third-order valence-electron chi connectivity index (χ3n) is 9.23. The van der Waals surface area contributed by atoms with Gasteiger partial charge in [0.05, 0.1) is 34.3 Å². The van der Waals surface area contributed by atoms with Crippen LogP contribution in [0.3, 0.4) is 0 Å². The Hall–Kier alpha value is -3.79. The van der Waals surface area contributed by atoms with E-state index >= 15 is 0 Å². The van der Waals surface area contributed by atoms with Gasteiger partial charge in [-0.2, -0.15) is 0 Å². The van der Waals surface area contributed by atoms with E-state index in [1.165, 1.54) is 35.2 Å². The highest BCUT2D eigenvalue weighted by atomic mass is 35.5. The Morgan fingerprint density at radius 3 is 2.50 bits per heavy atom. The molecule has 9 nitrogen and oxygen atoms in total. The number of rotatable bonds is 9. The number of aromatic nitrogens is 5. The Morgan fingerprint density at radius 2 is 1.67 bits per heavy atom. The molecule has 1 aliphatic carbocycles. The van der Waals surface area contributed by atoms with Crippen molar-refractivity contribution in [3.63, 3.8) is 0 Å². The molecule has 5 aromatic rings. The highest BCUT2D eigenvalue weighted by Crippen LogP contribution is 2.37. The topological polar surface area (TPSA) is 83.3 Å². The van der Waals surface area contributed by atoms with Crippen LogP contribution >= 0.6 is 23.2 Å². The van der Waals surface area contributed by atoms with Gasteiger partial charge in [-0.05, 0) is 100 Å². The molecule has 238 valence electrons. The first kappa shape index (κ1) is 30.8. The highest BCUT2D eigenvalue weighted by Gasteiger charge is 2.26. The molecule has 2 aromatic carbocycles. The molecule has 0 unspecified atom stereocenters. The van der Waals surface area contributed by atoms with E-state index < -0.39 is 0 Å². The Balaban J connectivity index is 0.891. The van der Waals surface area contributed by atoms with Gasteiger partial charge in [0.1, 0.15) is 0 Å². The van der Waals surface area contributed by atoms with Crippen molar-refractivity contribution >= 4 is 56.6 Å². The summed E-state index contributed by atoms with van der Waals surface area (Å²) in [4.78, 5) is 29.3. The van der Waals surface area contributed by atoms with E-state index in [-0.39, 0.29) is 5.91 Å². The average molecular weight is 658 g/mol. The minimum Gasteiger partial charge on any atom is -0.367 e. The molecule has 1 amide bonds. The van der Waals surface area contributed by atoms with Crippen LogP contribution in [0.2, 0.25) is 10.0 Å². The first-order valence-corrected chi connectivity index (χ1v) is 17.0. The first-order chi connectivity index (χ1) is 22.4. The number of unbranched alkanes of at least 4 members (excludes halogenated alkanes) is 1. The predicted molar refractivity (Wildman–Crippen MR) is 184 cm³/mol. The molecular formula is C35H38Cl2N8O. The third kappa shape index (κ3) is 6.54. The summed E-state index contributed by atoms with van der Waals surface area (Å²) in [6.07, 6.45) is 10.6. The summed E-state index contributed by atoms with van der Waals surface area (Å²) in [5.74, 6) is 0.254. The summed E-state index contributed by atoms with van der Waals surface area (Å²) >= 11 is 12.5. The highest BCUT2D eigenvalue weighted by molar-refractivity contribution is 6.31. The fourth-order valence-corrected chi connectivity index (χ4v) is 7.21. The van der Waals surface area contributed by atoms with E-state index in [0.717, 1.165) is 91.2 Å². The number of fused-ring (bicyclic) bond motifs is 3. The lowest BCUT2D eigenvalue weighted by molar-refractivity contribution is -0.131. The van der Waals surface area contributed by atoms with E-state index in [1.807, 2.05) is 47.5 Å². The van der Waals surface area contributed by atoms with Crippen LogP contribution in [0.4, 0.5) is 5.69 Å². The molecule has 7 rings (SSSR count). The number of pyridine rings is 2.